The molecule has 1 aromatic rings. The van der Waals surface area contributed by atoms with Crippen molar-refractivity contribution in [2.24, 2.45) is 0 Å². The number of amides is 1. The van der Waals surface area contributed by atoms with Gasteiger partial charge in [0.15, 0.2) is 0 Å². The first kappa shape index (κ1) is 15.2. The largest absolute Gasteiger partial charge is 0.478 e. The van der Waals surface area contributed by atoms with E-state index < -0.39 is 5.97 Å². The molecule has 0 unspecified atom stereocenters. The fourth-order valence-corrected chi connectivity index (χ4v) is 1.63. The summed E-state index contributed by atoms with van der Waals surface area (Å²) in [5.41, 5.74) is 1.28. The summed E-state index contributed by atoms with van der Waals surface area (Å²) in [6.07, 6.45) is 1.18. The average molecular weight is 265 g/mol. The van der Waals surface area contributed by atoms with E-state index in [2.05, 4.69) is 5.32 Å². The molecular formula is C14H19NO4. The highest BCUT2D eigenvalue weighted by Gasteiger charge is 2.11. The second kappa shape index (κ2) is 7.53. The van der Waals surface area contributed by atoms with Gasteiger partial charge in [0, 0.05) is 12.3 Å². The third kappa shape index (κ3) is 4.71. The molecule has 0 atom stereocenters. The van der Waals surface area contributed by atoms with Gasteiger partial charge in [-0.05, 0) is 31.0 Å². The number of nitrogens with one attached hydrogen (secondary N) is 1. The molecule has 0 aliphatic rings. The summed E-state index contributed by atoms with van der Waals surface area (Å²) in [7, 11) is 0. The molecule has 0 heterocycles. The number of carbonyl (C=O) groups is 2. The van der Waals surface area contributed by atoms with Crippen molar-refractivity contribution >= 4 is 17.6 Å². The summed E-state index contributed by atoms with van der Waals surface area (Å²) in [5, 5.41) is 11.7. The number of carboxylic acid groups (broad SMARTS) is 1. The highest BCUT2D eigenvalue weighted by atomic mass is 16.5. The number of ether oxygens (including phenoxy) is 1. The Morgan fingerprint density at radius 2 is 2.05 bits per heavy atom. The Bertz CT molecular complexity index is 457. The maximum absolute atomic E-state index is 11.7. The van der Waals surface area contributed by atoms with E-state index >= 15 is 0 Å². The maximum Gasteiger partial charge on any atom is 0.336 e. The van der Waals surface area contributed by atoms with Crippen LogP contribution in [0.3, 0.4) is 0 Å². The van der Waals surface area contributed by atoms with Gasteiger partial charge in [-0.25, -0.2) is 4.79 Å². The van der Waals surface area contributed by atoms with E-state index in [1.165, 1.54) is 6.07 Å². The highest BCUT2D eigenvalue weighted by molar-refractivity contribution is 5.96. The van der Waals surface area contributed by atoms with E-state index in [0.717, 1.165) is 6.42 Å². The van der Waals surface area contributed by atoms with Gasteiger partial charge < -0.3 is 15.2 Å². The average Bonchev–Trinajstić information content (AvgIpc) is 2.37. The van der Waals surface area contributed by atoms with Crippen molar-refractivity contribution in [1.29, 1.82) is 0 Å². The summed E-state index contributed by atoms with van der Waals surface area (Å²) in [6.45, 7) is 4.69. The van der Waals surface area contributed by atoms with Crippen molar-refractivity contribution in [3.05, 3.63) is 29.3 Å². The number of hydrogen-bond acceptors (Lipinski definition) is 3. The molecule has 1 rings (SSSR count). The van der Waals surface area contributed by atoms with Crippen molar-refractivity contribution < 1.29 is 19.4 Å². The third-order valence-electron chi connectivity index (χ3n) is 2.66. The second-order valence-corrected chi connectivity index (χ2v) is 4.19. The number of carbonyl (C=O) groups excluding carboxylic acids is 1. The molecule has 0 aliphatic heterocycles. The van der Waals surface area contributed by atoms with E-state index in [9.17, 15) is 9.59 Å². The van der Waals surface area contributed by atoms with E-state index in [-0.39, 0.29) is 17.9 Å². The Labute approximate surface area is 112 Å². The van der Waals surface area contributed by atoms with Gasteiger partial charge in [-0.3, -0.25) is 4.79 Å². The minimum atomic E-state index is -1.00. The van der Waals surface area contributed by atoms with Crippen LogP contribution in [0.4, 0.5) is 5.69 Å². The summed E-state index contributed by atoms with van der Waals surface area (Å²) in [4.78, 5) is 22.6. The predicted molar refractivity (Wildman–Crippen MR) is 72.5 cm³/mol. The van der Waals surface area contributed by atoms with Crippen LogP contribution in [0.5, 0.6) is 0 Å². The molecule has 2 N–H and O–H groups in total. The lowest BCUT2D eigenvalue weighted by Gasteiger charge is -2.10. The Kier molecular flexibility index (Phi) is 6.02. The number of anilines is 1. The molecule has 0 fully saturated rings. The van der Waals surface area contributed by atoms with Gasteiger partial charge in [-0.2, -0.15) is 0 Å². The van der Waals surface area contributed by atoms with E-state index in [0.29, 0.717) is 24.5 Å². The Morgan fingerprint density at radius 3 is 2.68 bits per heavy atom. The molecule has 5 nitrogen and oxygen atoms in total. The number of benzene rings is 1. The van der Waals surface area contributed by atoms with Crippen LogP contribution in [-0.4, -0.2) is 30.2 Å². The number of aromatic carboxylic acids is 1. The fraction of sp³-hybridized carbons (Fsp3) is 0.429. The molecule has 104 valence electrons. The van der Waals surface area contributed by atoms with Gasteiger partial charge in [0.25, 0.3) is 0 Å². The van der Waals surface area contributed by atoms with Crippen molar-refractivity contribution in [3.63, 3.8) is 0 Å². The second-order valence-electron chi connectivity index (χ2n) is 4.19. The minimum Gasteiger partial charge on any atom is -0.478 e. The molecule has 0 bridgehead atoms. The van der Waals surface area contributed by atoms with Crippen molar-refractivity contribution in [2.45, 2.75) is 26.7 Å². The van der Waals surface area contributed by atoms with Crippen LogP contribution >= 0.6 is 0 Å². The van der Waals surface area contributed by atoms with Crippen LogP contribution in [0.2, 0.25) is 0 Å². The molecule has 0 aromatic heterocycles. The predicted octanol–water partition coefficient (Wildman–Crippen LogP) is 2.45. The first-order valence-corrected chi connectivity index (χ1v) is 6.26. The molecule has 0 saturated carbocycles. The zero-order chi connectivity index (χ0) is 14.3. The van der Waals surface area contributed by atoms with Gasteiger partial charge >= 0.3 is 5.97 Å². The molecule has 5 heteroatoms. The molecule has 0 saturated heterocycles. The lowest BCUT2D eigenvalue weighted by Crippen LogP contribution is -2.16. The smallest absolute Gasteiger partial charge is 0.336 e. The lowest BCUT2D eigenvalue weighted by atomic mass is 10.1. The topological polar surface area (TPSA) is 75.6 Å². The first-order chi connectivity index (χ1) is 9.06. The van der Waals surface area contributed by atoms with Gasteiger partial charge in [0.05, 0.1) is 18.6 Å². The van der Waals surface area contributed by atoms with Gasteiger partial charge in [0.2, 0.25) is 5.91 Å². The van der Waals surface area contributed by atoms with E-state index in [1.54, 1.807) is 19.1 Å². The van der Waals surface area contributed by atoms with Crippen molar-refractivity contribution in [1.82, 2.24) is 0 Å². The fourth-order valence-electron chi connectivity index (χ4n) is 1.63. The lowest BCUT2D eigenvalue weighted by molar-refractivity contribution is -0.117. The maximum atomic E-state index is 11.7. The van der Waals surface area contributed by atoms with Gasteiger partial charge in [0.1, 0.15) is 0 Å². The quantitative estimate of drug-likeness (QED) is 0.742. The normalized spacial score (nSPS) is 10.2. The molecule has 1 amide bonds. The highest BCUT2D eigenvalue weighted by Crippen LogP contribution is 2.19. The summed E-state index contributed by atoms with van der Waals surface area (Å²) in [6, 6.07) is 4.81. The zero-order valence-corrected chi connectivity index (χ0v) is 11.2. The molecule has 19 heavy (non-hydrogen) atoms. The minimum absolute atomic E-state index is 0.179. The zero-order valence-electron chi connectivity index (χ0n) is 11.2. The van der Waals surface area contributed by atoms with Crippen molar-refractivity contribution in [2.75, 3.05) is 18.5 Å². The summed E-state index contributed by atoms with van der Waals surface area (Å²) < 4.78 is 5.23. The van der Waals surface area contributed by atoms with Crippen LogP contribution in [-0.2, 0) is 9.53 Å². The Hall–Kier alpha value is -1.88. The van der Waals surface area contributed by atoms with Crippen LogP contribution in [0.25, 0.3) is 0 Å². The molecule has 1 aromatic carbocycles. The molecule has 0 spiro atoms. The summed E-state index contributed by atoms with van der Waals surface area (Å²) in [5.74, 6) is -1.18. The molecule has 0 radical (unpaired) electrons. The Balaban J connectivity index is 2.59. The third-order valence-corrected chi connectivity index (χ3v) is 2.66. The molecular weight excluding hydrogens is 246 g/mol. The Morgan fingerprint density at radius 1 is 1.32 bits per heavy atom. The van der Waals surface area contributed by atoms with Gasteiger partial charge in [-0.15, -0.1) is 0 Å². The summed E-state index contributed by atoms with van der Waals surface area (Å²) >= 11 is 0. The molecule has 0 aliphatic carbocycles. The van der Waals surface area contributed by atoms with E-state index in [1.807, 2.05) is 6.92 Å². The van der Waals surface area contributed by atoms with Crippen LogP contribution < -0.4 is 5.32 Å². The van der Waals surface area contributed by atoms with Crippen LogP contribution in [0, 0.1) is 6.92 Å². The standard InChI is InChI=1S/C14H19NO4/c1-3-8-19-9-7-13(16)15-12-6-4-5-11(10(12)2)14(17)18/h4-6H,3,7-9H2,1-2H3,(H,15,16)(H,17,18). The number of carboxylic acids is 1. The van der Waals surface area contributed by atoms with E-state index in [4.69, 9.17) is 9.84 Å². The van der Waals surface area contributed by atoms with Crippen molar-refractivity contribution in [3.8, 4) is 0 Å². The first-order valence-electron chi connectivity index (χ1n) is 6.26. The van der Waals surface area contributed by atoms with Crippen LogP contribution in [0.15, 0.2) is 18.2 Å². The number of rotatable bonds is 7. The van der Waals surface area contributed by atoms with Crippen LogP contribution in [0.1, 0.15) is 35.7 Å². The monoisotopic (exact) mass is 265 g/mol. The van der Waals surface area contributed by atoms with Gasteiger partial charge in [-0.1, -0.05) is 13.0 Å². The number of hydrogen-bond donors (Lipinski definition) is 2. The SMILES string of the molecule is CCCOCCC(=O)Nc1cccc(C(=O)O)c1C.